The first kappa shape index (κ1) is 17.6. The number of para-hydroxylation sites is 2. The zero-order valence-corrected chi connectivity index (χ0v) is 13.7. The number of hydrogen-bond acceptors (Lipinski definition) is 4. The van der Waals surface area contributed by atoms with Crippen LogP contribution in [0.3, 0.4) is 0 Å². The number of benzene rings is 2. The molecule has 0 spiro atoms. The molecule has 6 heteroatoms. The van der Waals surface area contributed by atoms with Crippen molar-refractivity contribution in [3.05, 3.63) is 54.3 Å². The summed E-state index contributed by atoms with van der Waals surface area (Å²) in [5.41, 5.74) is 0. The first-order valence-corrected chi connectivity index (χ1v) is 7.48. The predicted molar refractivity (Wildman–Crippen MR) is 88.0 cm³/mol. The minimum Gasteiger partial charge on any atom is -0.493 e. The number of methoxy groups -OCH3 is 1. The summed E-state index contributed by atoms with van der Waals surface area (Å²) in [7, 11) is 3.21. The fourth-order valence-electron chi connectivity index (χ4n) is 1.94. The molecule has 2 rings (SSSR count). The summed E-state index contributed by atoms with van der Waals surface area (Å²) in [5.74, 6) is 1.16. The number of likely N-dealkylation sites (N-methyl/N-ethyl adjacent to an activating group) is 1. The van der Waals surface area contributed by atoms with Gasteiger partial charge in [0, 0.05) is 7.05 Å². The van der Waals surface area contributed by atoms with Gasteiger partial charge in [-0.15, -0.1) is 0 Å². The van der Waals surface area contributed by atoms with Crippen molar-refractivity contribution in [3.63, 3.8) is 0 Å². The van der Waals surface area contributed by atoms with E-state index in [1.165, 1.54) is 17.0 Å². The maximum Gasteiger partial charge on any atom is 0.260 e. The summed E-state index contributed by atoms with van der Waals surface area (Å²) in [6, 6.07) is 12.9. The third kappa shape index (κ3) is 5.15. The summed E-state index contributed by atoms with van der Waals surface area (Å²) in [4.78, 5) is 13.6. The van der Waals surface area contributed by atoms with Crippen molar-refractivity contribution in [2.75, 3.05) is 33.9 Å². The average Bonchev–Trinajstić information content (AvgIpc) is 2.61. The first-order chi connectivity index (χ1) is 11.6. The average molecular weight is 333 g/mol. The number of ether oxygens (including phenoxy) is 3. The summed E-state index contributed by atoms with van der Waals surface area (Å²) in [6.45, 7) is 0.613. The van der Waals surface area contributed by atoms with E-state index in [0.717, 1.165) is 0 Å². The minimum atomic E-state index is -0.317. The standard InChI is InChI=1S/C18H20FNO4/c1-20(11-12-23-15-9-7-14(19)8-10-15)18(21)13-24-17-6-4-3-5-16(17)22-2/h3-10H,11-13H2,1-2H3. The van der Waals surface area contributed by atoms with E-state index in [0.29, 0.717) is 30.4 Å². The van der Waals surface area contributed by atoms with E-state index in [1.54, 1.807) is 38.4 Å². The van der Waals surface area contributed by atoms with Crippen molar-refractivity contribution in [3.8, 4) is 17.2 Å². The van der Waals surface area contributed by atoms with Gasteiger partial charge in [-0.25, -0.2) is 4.39 Å². The van der Waals surface area contributed by atoms with Gasteiger partial charge >= 0.3 is 0 Å². The normalized spacial score (nSPS) is 10.1. The Hall–Kier alpha value is -2.76. The van der Waals surface area contributed by atoms with Gasteiger partial charge in [0.25, 0.3) is 5.91 Å². The quantitative estimate of drug-likeness (QED) is 0.745. The molecule has 1 amide bonds. The van der Waals surface area contributed by atoms with Crippen molar-refractivity contribution >= 4 is 5.91 Å². The van der Waals surface area contributed by atoms with Crippen molar-refractivity contribution < 1.29 is 23.4 Å². The highest BCUT2D eigenvalue weighted by Gasteiger charge is 2.11. The molecule has 2 aromatic rings. The fraction of sp³-hybridized carbons (Fsp3) is 0.278. The molecule has 0 saturated carbocycles. The Morgan fingerprint density at radius 3 is 2.38 bits per heavy atom. The lowest BCUT2D eigenvalue weighted by Crippen LogP contribution is -2.34. The number of carbonyl (C=O) groups is 1. The van der Waals surface area contributed by atoms with Crippen LogP contribution in [0.25, 0.3) is 0 Å². The van der Waals surface area contributed by atoms with Crippen LogP contribution in [0.4, 0.5) is 4.39 Å². The Balaban J connectivity index is 1.74. The van der Waals surface area contributed by atoms with Crippen LogP contribution in [-0.2, 0) is 4.79 Å². The molecule has 5 nitrogen and oxygen atoms in total. The van der Waals surface area contributed by atoms with Crippen LogP contribution < -0.4 is 14.2 Å². The van der Waals surface area contributed by atoms with Crippen molar-refractivity contribution in [2.24, 2.45) is 0 Å². The van der Waals surface area contributed by atoms with Gasteiger partial charge in [-0.2, -0.15) is 0 Å². The topological polar surface area (TPSA) is 48.0 Å². The van der Waals surface area contributed by atoms with Gasteiger partial charge in [0.2, 0.25) is 0 Å². The van der Waals surface area contributed by atoms with E-state index < -0.39 is 0 Å². The van der Waals surface area contributed by atoms with E-state index in [-0.39, 0.29) is 18.3 Å². The molecule has 0 saturated heterocycles. The molecule has 0 atom stereocenters. The SMILES string of the molecule is COc1ccccc1OCC(=O)N(C)CCOc1ccc(F)cc1. The molecular weight excluding hydrogens is 313 g/mol. The molecule has 0 aromatic heterocycles. The fourth-order valence-corrected chi connectivity index (χ4v) is 1.94. The Bertz CT molecular complexity index is 660. The maximum atomic E-state index is 12.8. The summed E-state index contributed by atoms with van der Waals surface area (Å²) in [5, 5.41) is 0. The Labute approximate surface area is 140 Å². The maximum absolute atomic E-state index is 12.8. The predicted octanol–water partition coefficient (Wildman–Crippen LogP) is 2.75. The highest BCUT2D eigenvalue weighted by atomic mass is 19.1. The van der Waals surface area contributed by atoms with Crippen LogP contribution in [0.15, 0.2) is 48.5 Å². The van der Waals surface area contributed by atoms with Gasteiger partial charge < -0.3 is 19.1 Å². The van der Waals surface area contributed by atoms with Crippen LogP contribution >= 0.6 is 0 Å². The second kappa shape index (κ2) is 8.76. The summed E-state index contributed by atoms with van der Waals surface area (Å²) >= 11 is 0. The molecule has 0 heterocycles. The number of amides is 1. The number of halogens is 1. The smallest absolute Gasteiger partial charge is 0.260 e. The molecule has 0 aliphatic heterocycles. The Morgan fingerprint density at radius 1 is 1.04 bits per heavy atom. The highest BCUT2D eigenvalue weighted by Crippen LogP contribution is 2.25. The highest BCUT2D eigenvalue weighted by molar-refractivity contribution is 5.77. The van der Waals surface area contributed by atoms with Crippen LogP contribution in [0.5, 0.6) is 17.2 Å². The second-order valence-electron chi connectivity index (χ2n) is 5.06. The van der Waals surface area contributed by atoms with Crippen molar-refractivity contribution in [1.82, 2.24) is 4.90 Å². The van der Waals surface area contributed by atoms with Gasteiger partial charge in [-0.05, 0) is 36.4 Å². The molecule has 128 valence electrons. The summed E-state index contributed by atoms with van der Waals surface area (Å²) < 4.78 is 28.9. The molecule has 24 heavy (non-hydrogen) atoms. The minimum absolute atomic E-state index is 0.0899. The third-order valence-electron chi connectivity index (χ3n) is 3.36. The van der Waals surface area contributed by atoms with Crippen LogP contribution in [0.1, 0.15) is 0 Å². The lowest BCUT2D eigenvalue weighted by Gasteiger charge is -2.18. The number of hydrogen-bond donors (Lipinski definition) is 0. The molecule has 2 aromatic carbocycles. The van der Waals surface area contributed by atoms with E-state index in [1.807, 2.05) is 12.1 Å². The lowest BCUT2D eigenvalue weighted by molar-refractivity contribution is -0.132. The van der Waals surface area contributed by atoms with E-state index in [9.17, 15) is 9.18 Å². The zero-order valence-electron chi connectivity index (χ0n) is 13.7. The molecule has 0 aliphatic carbocycles. The van der Waals surface area contributed by atoms with Crippen LogP contribution in [-0.4, -0.2) is 44.7 Å². The largest absolute Gasteiger partial charge is 0.493 e. The second-order valence-corrected chi connectivity index (χ2v) is 5.06. The Morgan fingerprint density at radius 2 is 1.71 bits per heavy atom. The summed E-state index contributed by atoms with van der Waals surface area (Å²) in [6.07, 6.45) is 0. The Kier molecular flexibility index (Phi) is 6.42. The van der Waals surface area contributed by atoms with Gasteiger partial charge in [0.15, 0.2) is 18.1 Å². The molecule has 0 aliphatic rings. The molecule has 0 N–H and O–H groups in total. The van der Waals surface area contributed by atoms with Crippen molar-refractivity contribution in [1.29, 1.82) is 0 Å². The number of carbonyl (C=O) groups excluding carboxylic acids is 1. The lowest BCUT2D eigenvalue weighted by atomic mass is 10.3. The zero-order chi connectivity index (χ0) is 17.4. The molecule has 0 radical (unpaired) electrons. The molecular formula is C18H20FNO4. The molecule has 0 fully saturated rings. The molecule has 0 bridgehead atoms. The number of rotatable bonds is 8. The van der Waals surface area contributed by atoms with Gasteiger partial charge in [0.05, 0.1) is 13.7 Å². The van der Waals surface area contributed by atoms with Crippen LogP contribution in [0, 0.1) is 5.82 Å². The van der Waals surface area contributed by atoms with E-state index in [4.69, 9.17) is 14.2 Å². The van der Waals surface area contributed by atoms with Crippen molar-refractivity contribution in [2.45, 2.75) is 0 Å². The molecule has 0 unspecified atom stereocenters. The van der Waals surface area contributed by atoms with Crippen LogP contribution in [0.2, 0.25) is 0 Å². The van der Waals surface area contributed by atoms with Gasteiger partial charge in [-0.1, -0.05) is 12.1 Å². The third-order valence-corrected chi connectivity index (χ3v) is 3.36. The van der Waals surface area contributed by atoms with Gasteiger partial charge in [0.1, 0.15) is 18.2 Å². The van der Waals surface area contributed by atoms with E-state index in [2.05, 4.69) is 0 Å². The monoisotopic (exact) mass is 333 g/mol. The van der Waals surface area contributed by atoms with Gasteiger partial charge in [-0.3, -0.25) is 4.79 Å². The first-order valence-electron chi connectivity index (χ1n) is 7.48. The number of nitrogens with zero attached hydrogens (tertiary/aromatic N) is 1. The van der Waals surface area contributed by atoms with E-state index >= 15 is 0 Å².